The van der Waals surface area contributed by atoms with Crippen LogP contribution in [0.3, 0.4) is 0 Å². The van der Waals surface area contributed by atoms with Crippen molar-refractivity contribution in [1.82, 2.24) is 0 Å². The molecule has 3 nitrogen and oxygen atoms in total. The van der Waals surface area contributed by atoms with Gasteiger partial charge in [-0.15, -0.1) is 0 Å². The second-order valence-corrected chi connectivity index (χ2v) is 8.23. The summed E-state index contributed by atoms with van der Waals surface area (Å²) in [6.07, 6.45) is 8.28. The molecule has 0 N–H and O–H groups in total. The first kappa shape index (κ1) is 19.6. The van der Waals surface area contributed by atoms with Gasteiger partial charge in [0.2, 0.25) is 0 Å². The van der Waals surface area contributed by atoms with E-state index in [1.807, 2.05) is 30.5 Å². The number of hydrogen-bond donors (Lipinski definition) is 0. The maximum absolute atomic E-state index is 10.9. The lowest BCUT2D eigenvalue weighted by atomic mass is 9.83. The molecule has 0 saturated heterocycles. The molecule has 2 aromatic heterocycles. The van der Waals surface area contributed by atoms with E-state index in [1.165, 1.54) is 22.3 Å². The molecular formula is C28H26O3. The van der Waals surface area contributed by atoms with E-state index in [9.17, 15) is 4.79 Å². The van der Waals surface area contributed by atoms with Gasteiger partial charge in [0.05, 0.1) is 12.2 Å². The second kappa shape index (κ2) is 8.81. The molecule has 2 heterocycles. The summed E-state index contributed by atoms with van der Waals surface area (Å²) in [5, 5.41) is 0. The summed E-state index contributed by atoms with van der Waals surface area (Å²) in [4.78, 5) is 10.9. The molecule has 2 aromatic carbocycles. The first-order chi connectivity index (χ1) is 15.3. The zero-order chi connectivity index (χ0) is 21.0. The topological polar surface area (TPSA) is 43.4 Å². The molecule has 0 amide bonds. The molecular weight excluding hydrogens is 384 g/mol. The lowest BCUT2D eigenvalue weighted by Crippen LogP contribution is -2.10. The number of aryl methyl sites for hydroxylation is 1. The number of hydrogen-bond acceptors (Lipinski definition) is 3. The minimum Gasteiger partial charge on any atom is -0.468 e. The highest BCUT2D eigenvalue weighted by atomic mass is 16.4. The van der Waals surface area contributed by atoms with Gasteiger partial charge in [0, 0.05) is 23.1 Å². The van der Waals surface area contributed by atoms with Gasteiger partial charge in [-0.3, -0.25) is 0 Å². The molecule has 156 valence electrons. The predicted octanol–water partition coefficient (Wildman–Crippen LogP) is 7.20. The van der Waals surface area contributed by atoms with Crippen LogP contribution < -0.4 is 0 Å². The number of fused-ring (bicyclic) bond motifs is 1. The van der Waals surface area contributed by atoms with Crippen molar-refractivity contribution >= 4 is 6.29 Å². The van der Waals surface area contributed by atoms with Crippen LogP contribution in [0.5, 0.6) is 0 Å². The molecule has 1 aliphatic rings. The van der Waals surface area contributed by atoms with Gasteiger partial charge < -0.3 is 13.6 Å². The summed E-state index contributed by atoms with van der Waals surface area (Å²) >= 11 is 0. The van der Waals surface area contributed by atoms with Crippen LogP contribution in [0.15, 0.2) is 81.8 Å². The van der Waals surface area contributed by atoms with E-state index in [-0.39, 0.29) is 5.92 Å². The van der Waals surface area contributed by atoms with E-state index in [1.54, 1.807) is 0 Å². The Labute approximate surface area is 182 Å². The van der Waals surface area contributed by atoms with Gasteiger partial charge in [0.1, 0.15) is 23.6 Å². The Morgan fingerprint density at radius 1 is 0.935 bits per heavy atom. The molecule has 5 rings (SSSR count). The number of rotatable bonds is 7. The molecule has 0 spiro atoms. The van der Waals surface area contributed by atoms with Gasteiger partial charge in [-0.05, 0) is 49.3 Å². The van der Waals surface area contributed by atoms with Crippen molar-refractivity contribution in [3.63, 3.8) is 0 Å². The fraction of sp³-hybridized carbons (Fsp3) is 0.250. The maximum Gasteiger partial charge on any atom is 0.134 e. The van der Waals surface area contributed by atoms with Gasteiger partial charge in [0.15, 0.2) is 0 Å². The number of carbonyl (C=O) groups excluding carboxylic acids is 1. The minimum absolute atomic E-state index is 0.116. The number of carbonyl (C=O) groups is 1. The first-order valence-corrected chi connectivity index (χ1v) is 11.1. The van der Waals surface area contributed by atoms with Gasteiger partial charge in [-0.2, -0.15) is 0 Å². The van der Waals surface area contributed by atoms with Crippen molar-refractivity contribution in [2.75, 3.05) is 0 Å². The van der Waals surface area contributed by atoms with Gasteiger partial charge in [-0.1, -0.05) is 60.7 Å². The molecule has 1 aliphatic carbocycles. The van der Waals surface area contributed by atoms with Gasteiger partial charge >= 0.3 is 0 Å². The Morgan fingerprint density at radius 2 is 1.68 bits per heavy atom. The van der Waals surface area contributed by atoms with Crippen molar-refractivity contribution < 1.29 is 13.6 Å². The minimum atomic E-state index is 0.116. The van der Waals surface area contributed by atoms with Crippen molar-refractivity contribution in [3.05, 3.63) is 95.6 Å². The molecule has 0 aliphatic heterocycles. The van der Waals surface area contributed by atoms with Crippen LogP contribution in [0.2, 0.25) is 0 Å². The number of furan rings is 2. The normalized spacial score (nSPS) is 15.5. The van der Waals surface area contributed by atoms with Crippen LogP contribution in [0, 0.1) is 0 Å². The largest absolute Gasteiger partial charge is 0.468 e. The third-order valence-electron chi connectivity index (χ3n) is 6.23. The third kappa shape index (κ3) is 3.88. The Bertz CT molecular complexity index is 1150. The van der Waals surface area contributed by atoms with E-state index >= 15 is 0 Å². The summed E-state index contributed by atoms with van der Waals surface area (Å²) in [5.41, 5.74) is 5.96. The predicted molar refractivity (Wildman–Crippen MR) is 122 cm³/mol. The Morgan fingerprint density at radius 3 is 2.42 bits per heavy atom. The molecule has 3 heteroatoms. The molecule has 0 fully saturated rings. The van der Waals surface area contributed by atoms with Crippen molar-refractivity contribution in [1.29, 1.82) is 0 Å². The molecule has 0 radical (unpaired) electrons. The van der Waals surface area contributed by atoms with Crippen LogP contribution >= 0.6 is 0 Å². The number of aldehydes is 1. The summed E-state index contributed by atoms with van der Waals surface area (Å²) in [5.74, 6) is 3.04. The lowest BCUT2D eigenvalue weighted by molar-refractivity contribution is -0.107. The number of benzene rings is 2. The van der Waals surface area contributed by atoms with Crippen molar-refractivity contribution in [3.8, 4) is 22.5 Å². The van der Waals surface area contributed by atoms with E-state index in [4.69, 9.17) is 8.83 Å². The highest BCUT2D eigenvalue weighted by Crippen LogP contribution is 2.44. The number of unbranched alkanes of at least 4 members (excludes halogenated alkanes) is 1. The molecule has 0 saturated carbocycles. The zero-order valence-corrected chi connectivity index (χ0v) is 17.6. The van der Waals surface area contributed by atoms with Gasteiger partial charge in [-0.25, -0.2) is 0 Å². The summed E-state index contributed by atoms with van der Waals surface area (Å²) < 4.78 is 12.7. The van der Waals surface area contributed by atoms with E-state index in [0.717, 1.165) is 61.2 Å². The van der Waals surface area contributed by atoms with E-state index in [2.05, 4.69) is 42.5 Å². The van der Waals surface area contributed by atoms with E-state index in [0.29, 0.717) is 6.42 Å². The highest BCUT2D eigenvalue weighted by Gasteiger charge is 2.32. The maximum atomic E-state index is 10.9. The Kier molecular flexibility index (Phi) is 5.57. The Hall–Kier alpha value is -3.33. The molecule has 4 aromatic rings. The lowest BCUT2D eigenvalue weighted by Gasteiger charge is -2.21. The zero-order valence-electron chi connectivity index (χ0n) is 17.6. The fourth-order valence-corrected chi connectivity index (χ4v) is 4.73. The molecule has 1 unspecified atom stereocenters. The van der Waals surface area contributed by atoms with Crippen LogP contribution in [0.1, 0.15) is 54.2 Å². The van der Waals surface area contributed by atoms with Gasteiger partial charge in [0.25, 0.3) is 0 Å². The van der Waals surface area contributed by atoms with Crippen molar-refractivity contribution in [2.24, 2.45) is 0 Å². The SMILES string of the molecule is O=CCCCc1cc(-c2ccccc2)oc1C1CCCc2c(-c3ccccc3)coc21. The quantitative estimate of drug-likeness (QED) is 0.239. The Balaban J connectivity index is 1.55. The van der Waals surface area contributed by atoms with Crippen LogP contribution in [0.25, 0.3) is 22.5 Å². The monoisotopic (exact) mass is 410 g/mol. The highest BCUT2D eigenvalue weighted by molar-refractivity contribution is 5.68. The van der Waals surface area contributed by atoms with Crippen LogP contribution in [-0.4, -0.2) is 6.29 Å². The first-order valence-electron chi connectivity index (χ1n) is 11.1. The fourth-order valence-electron chi connectivity index (χ4n) is 4.73. The summed E-state index contributed by atoms with van der Waals surface area (Å²) in [6, 6.07) is 22.8. The molecule has 0 bridgehead atoms. The molecule has 1 atom stereocenters. The average Bonchev–Trinajstić information content (AvgIpc) is 3.45. The average molecular weight is 411 g/mol. The summed E-state index contributed by atoms with van der Waals surface area (Å²) in [6.45, 7) is 0. The van der Waals surface area contributed by atoms with Crippen molar-refractivity contribution in [2.45, 2.75) is 44.4 Å². The summed E-state index contributed by atoms with van der Waals surface area (Å²) in [7, 11) is 0. The van der Waals surface area contributed by atoms with E-state index < -0.39 is 0 Å². The molecule has 31 heavy (non-hydrogen) atoms. The van der Waals surface area contributed by atoms with Crippen LogP contribution in [-0.2, 0) is 17.6 Å². The standard InChI is InChI=1S/C28H26O3/c29-17-8-7-14-22-18-26(21-12-5-2-6-13-21)31-27(22)24-16-9-15-23-25(19-30-28(23)24)20-10-3-1-4-11-20/h1-6,10-13,17-19,24H,7-9,14-16H2. The second-order valence-electron chi connectivity index (χ2n) is 8.23. The third-order valence-corrected chi connectivity index (χ3v) is 6.23. The smallest absolute Gasteiger partial charge is 0.134 e. The van der Waals surface area contributed by atoms with Crippen LogP contribution in [0.4, 0.5) is 0 Å².